The van der Waals surface area contributed by atoms with E-state index in [-0.39, 0.29) is 41.4 Å². The Morgan fingerprint density at radius 3 is 2.48 bits per heavy atom. The Morgan fingerprint density at radius 2 is 1.79 bits per heavy atom. The quantitative estimate of drug-likeness (QED) is 0.224. The molecule has 4 heterocycles. The van der Waals surface area contributed by atoms with Crippen molar-refractivity contribution in [3.8, 4) is 28.8 Å². The monoisotopic (exact) mass is 651 g/mol. The fraction of sp³-hybridized carbons (Fsp3) is 0.371. The molecule has 2 N–H and O–H groups in total. The number of anilines is 1. The van der Waals surface area contributed by atoms with Gasteiger partial charge in [0.25, 0.3) is 5.91 Å². The summed E-state index contributed by atoms with van der Waals surface area (Å²) in [5.74, 6) is 0.211. The van der Waals surface area contributed by atoms with Crippen LogP contribution in [0.5, 0.6) is 11.5 Å². The number of nitrogens with two attached hydrogens (primary N) is 1. The largest absolute Gasteiger partial charge is 0.457 e. The molecule has 2 aromatic carbocycles. The Morgan fingerprint density at radius 1 is 1.04 bits per heavy atom. The number of halogens is 1. The number of ether oxygens (including phenoxy) is 1. The van der Waals surface area contributed by atoms with Crippen LogP contribution in [0.15, 0.2) is 66.5 Å². The minimum Gasteiger partial charge on any atom is -0.457 e. The maximum Gasteiger partial charge on any atom is 0.264 e. The van der Waals surface area contributed by atoms with E-state index in [1.54, 1.807) is 51.7 Å². The third-order valence-corrected chi connectivity index (χ3v) is 9.11. The molecule has 2 aliphatic rings. The second kappa shape index (κ2) is 13.4. The Bertz CT molecular complexity index is 1910. The van der Waals surface area contributed by atoms with E-state index >= 15 is 4.39 Å². The number of benzene rings is 2. The second-order valence-corrected chi connectivity index (χ2v) is 12.7. The molecule has 13 heteroatoms. The molecule has 6 rings (SSSR count). The number of nitriles is 1. The van der Waals surface area contributed by atoms with Gasteiger partial charge in [-0.25, -0.2) is 19.0 Å². The van der Waals surface area contributed by atoms with Crippen LogP contribution in [-0.2, 0) is 9.59 Å². The Balaban J connectivity index is 1.25. The van der Waals surface area contributed by atoms with Gasteiger partial charge in [0.15, 0.2) is 5.65 Å². The van der Waals surface area contributed by atoms with Crippen molar-refractivity contribution in [3.05, 3.63) is 72.3 Å². The molecule has 0 aliphatic carbocycles. The van der Waals surface area contributed by atoms with Gasteiger partial charge in [-0.15, -0.1) is 0 Å². The number of amides is 2. The third-order valence-electron chi connectivity index (χ3n) is 9.11. The predicted octanol–water partition coefficient (Wildman–Crippen LogP) is 4.56. The lowest BCUT2D eigenvalue weighted by Gasteiger charge is -2.42. The predicted molar refractivity (Wildman–Crippen MR) is 178 cm³/mol. The number of hydrogen-bond donors (Lipinski definition) is 1. The smallest absolute Gasteiger partial charge is 0.264 e. The first-order valence-electron chi connectivity index (χ1n) is 16.0. The van der Waals surface area contributed by atoms with Gasteiger partial charge in [-0.05, 0) is 57.0 Å². The highest BCUT2D eigenvalue weighted by molar-refractivity contribution is 5.99. The van der Waals surface area contributed by atoms with Crippen LogP contribution < -0.4 is 10.5 Å². The van der Waals surface area contributed by atoms with Crippen LogP contribution in [0.3, 0.4) is 0 Å². The van der Waals surface area contributed by atoms with E-state index < -0.39 is 11.4 Å². The first-order valence-corrected chi connectivity index (χ1v) is 16.0. The first kappa shape index (κ1) is 32.6. The van der Waals surface area contributed by atoms with Crippen LogP contribution in [0.1, 0.15) is 39.7 Å². The molecule has 48 heavy (non-hydrogen) atoms. The topological polar surface area (TPSA) is 146 Å². The van der Waals surface area contributed by atoms with Gasteiger partial charge in [-0.2, -0.15) is 10.4 Å². The number of para-hydroxylation sites is 1. The maximum absolute atomic E-state index is 15.6. The number of carbonyl (C=O) groups excluding carboxylic acids is 2. The van der Waals surface area contributed by atoms with E-state index in [0.29, 0.717) is 73.8 Å². The van der Waals surface area contributed by atoms with Gasteiger partial charge >= 0.3 is 0 Å². The van der Waals surface area contributed by atoms with Crippen molar-refractivity contribution in [1.82, 2.24) is 34.4 Å². The maximum atomic E-state index is 15.6. The number of piperazine rings is 1. The fourth-order valence-electron chi connectivity index (χ4n) is 6.51. The molecule has 2 fully saturated rings. The number of likely N-dealkylation sites (tertiary alicyclic amines) is 1. The van der Waals surface area contributed by atoms with E-state index in [1.807, 2.05) is 32.0 Å². The number of carbonyl (C=O) groups is 2. The van der Waals surface area contributed by atoms with Crippen LogP contribution in [0.4, 0.5) is 10.2 Å². The van der Waals surface area contributed by atoms with Crippen molar-refractivity contribution in [2.75, 3.05) is 45.0 Å². The van der Waals surface area contributed by atoms with Crippen LogP contribution >= 0.6 is 0 Å². The van der Waals surface area contributed by atoms with Crippen molar-refractivity contribution >= 4 is 28.7 Å². The molecular weight excluding hydrogens is 613 g/mol. The van der Waals surface area contributed by atoms with Crippen LogP contribution in [0.2, 0.25) is 0 Å². The zero-order valence-corrected chi connectivity index (χ0v) is 27.3. The summed E-state index contributed by atoms with van der Waals surface area (Å²) < 4.78 is 23.2. The summed E-state index contributed by atoms with van der Waals surface area (Å²) in [6.07, 6.45) is 4.43. The van der Waals surface area contributed by atoms with Gasteiger partial charge in [0.1, 0.15) is 46.8 Å². The molecule has 0 radical (unpaired) electrons. The zero-order valence-electron chi connectivity index (χ0n) is 27.3. The van der Waals surface area contributed by atoms with E-state index in [0.717, 1.165) is 0 Å². The number of hydrogen-bond acceptors (Lipinski definition) is 9. The molecule has 0 spiro atoms. The number of fused-ring (bicyclic) bond motifs is 1. The molecule has 0 bridgehead atoms. The van der Waals surface area contributed by atoms with Gasteiger partial charge in [-0.3, -0.25) is 14.5 Å². The fourth-order valence-corrected chi connectivity index (χ4v) is 6.51. The van der Waals surface area contributed by atoms with Gasteiger partial charge < -0.3 is 20.3 Å². The minimum absolute atomic E-state index is 0.0400. The van der Waals surface area contributed by atoms with E-state index in [2.05, 4.69) is 20.9 Å². The Labute approximate surface area is 278 Å². The summed E-state index contributed by atoms with van der Waals surface area (Å²) in [6, 6.07) is 15.5. The van der Waals surface area contributed by atoms with Crippen molar-refractivity contribution in [2.24, 2.45) is 0 Å². The molecule has 4 aromatic rings. The summed E-state index contributed by atoms with van der Waals surface area (Å²) in [6.45, 7) is 8.75. The molecule has 2 aliphatic heterocycles. The molecule has 2 aromatic heterocycles. The van der Waals surface area contributed by atoms with Gasteiger partial charge in [0, 0.05) is 63.4 Å². The summed E-state index contributed by atoms with van der Waals surface area (Å²) in [5.41, 5.74) is 6.73. The third kappa shape index (κ3) is 6.57. The molecule has 12 nitrogen and oxygen atoms in total. The van der Waals surface area contributed by atoms with Crippen LogP contribution in [-0.4, -0.2) is 91.1 Å². The lowest BCUT2D eigenvalue weighted by atomic mass is 9.96. The van der Waals surface area contributed by atoms with E-state index in [1.165, 1.54) is 12.4 Å². The molecule has 0 saturated carbocycles. The molecule has 2 amide bonds. The van der Waals surface area contributed by atoms with Gasteiger partial charge in [0.05, 0.1) is 11.4 Å². The summed E-state index contributed by atoms with van der Waals surface area (Å²) >= 11 is 0. The highest BCUT2D eigenvalue weighted by Crippen LogP contribution is 2.36. The average Bonchev–Trinajstić information content (AvgIpc) is 3.48. The average molecular weight is 652 g/mol. The number of rotatable bonds is 7. The Kier molecular flexibility index (Phi) is 9.10. The number of nitrogen functional groups attached to an aromatic ring is 1. The van der Waals surface area contributed by atoms with Gasteiger partial charge in [0.2, 0.25) is 5.91 Å². The lowest BCUT2D eigenvalue weighted by Crippen LogP contribution is -2.55. The van der Waals surface area contributed by atoms with E-state index in [4.69, 9.17) is 15.6 Å². The molecule has 2 saturated heterocycles. The number of piperidine rings is 1. The molecular formula is C35H38FN9O3. The first-order chi connectivity index (χ1) is 23.1. The molecule has 1 atom stereocenters. The summed E-state index contributed by atoms with van der Waals surface area (Å²) in [7, 11) is 0. The molecule has 248 valence electrons. The van der Waals surface area contributed by atoms with Crippen molar-refractivity contribution in [1.29, 1.82) is 5.26 Å². The van der Waals surface area contributed by atoms with Crippen molar-refractivity contribution in [3.63, 3.8) is 0 Å². The van der Waals surface area contributed by atoms with Gasteiger partial charge in [-0.1, -0.05) is 18.2 Å². The SMILES string of the molecule is CC(=O)N1CCN(C(C)(C)/C=C(\C#N)C(=O)N2CCC[C@@H](n3nc(-c4ccc(Oc5ccccc5)cc4F)c4c(N)ncnc43)C2)CC1. The zero-order chi connectivity index (χ0) is 34.0. The minimum atomic E-state index is -0.577. The van der Waals surface area contributed by atoms with E-state index in [9.17, 15) is 14.9 Å². The number of nitrogens with zero attached hydrogens (tertiary/aromatic N) is 8. The second-order valence-electron chi connectivity index (χ2n) is 12.7. The molecule has 0 unspecified atom stereocenters. The highest BCUT2D eigenvalue weighted by Gasteiger charge is 2.34. The lowest BCUT2D eigenvalue weighted by molar-refractivity contribution is -0.131. The summed E-state index contributed by atoms with van der Waals surface area (Å²) in [5, 5.41) is 15.3. The normalized spacial score (nSPS) is 17.7. The van der Waals surface area contributed by atoms with Crippen LogP contribution in [0, 0.1) is 17.1 Å². The van der Waals surface area contributed by atoms with Crippen molar-refractivity contribution in [2.45, 2.75) is 45.2 Å². The standard InChI is InChI=1S/C35H38FN9O3/c1-23(46)42-14-16-44(17-15-42)35(2,3)19-24(20-37)34(47)43-13-7-8-25(21-43)45-33-30(32(38)39-22-40-33)31(41-45)28-12-11-27(18-29(28)36)48-26-9-5-4-6-10-26/h4-6,9-12,18-19,22,25H,7-8,13-17,21H2,1-3H3,(H2,38,39,40)/b24-19+/t25-/m1/s1. The van der Waals surface area contributed by atoms with Crippen molar-refractivity contribution < 1.29 is 18.7 Å². The highest BCUT2D eigenvalue weighted by atomic mass is 19.1. The van der Waals surface area contributed by atoms with Crippen LogP contribution in [0.25, 0.3) is 22.3 Å². The number of aromatic nitrogens is 4. The Hall–Kier alpha value is -5.35. The summed E-state index contributed by atoms with van der Waals surface area (Å²) in [4.78, 5) is 39.8.